The van der Waals surface area contributed by atoms with Crippen LogP contribution >= 0.6 is 11.3 Å². The number of rotatable bonds is 10. The van der Waals surface area contributed by atoms with Crippen LogP contribution in [0.25, 0.3) is 5.57 Å². The Labute approximate surface area is 207 Å². The van der Waals surface area contributed by atoms with Crippen LogP contribution in [-0.4, -0.2) is 51.1 Å². The van der Waals surface area contributed by atoms with E-state index in [-0.39, 0.29) is 42.4 Å². The molecule has 1 fully saturated rings. The molecule has 3 unspecified atom stereocenters. The summed E-state index contributed by atoms with van der Waals surface area (Å²) in [6.07, 6.45) is 10.2. The van der Waals surface area contributed by atoms with Gasteiger partial charge >= 0.3 is 0 Å². The number of hydrogen-bond acceptors (Lipinski definition) is 7. The maximum atomic E-state index is 12.4. The number of thiazole rings is 1. The standard InChI is InChI=1S/C25H35N3O4S2/c1-6-20-21(8-9-22(20)28-34(29,30)12-11-31-5)17(4)24-15-27-25(33-24)18-7-10-23(32-16(2)3)19(13-18)14-26/h6-7,13,15-17,21-23,28H,8-12H2,1-5H3/b20-6+/t17?,21?,22-,23?/m0/s1. The van der Waals surface area contributed by atoms with Gasteiger partial charge in [-0.2, -0.15) is 5.26 Å². The summed E-state index contributed by atoms with van der Waals surface area (Å²) >= 11 is 1.64. The minimum Gasteiger partial charge on any atom is -0.384 e. The highest BCUT2D eigenvalue weighted by Gasteiger charge is 2.36. The van der Waals surface area contributed by atoms with E-state index in [1.807, 2.05) is 33.0 Å². The van der Waals surface area contributed by atoms with Crippen LogP contribution in [0.2, 0.25) is 0 Å². The molecule has 1 saturated carbocycles. The lowest BCUT2D eigenvalue weighted by atomic mass is 9.87. The Morgan fingerprint density at radius 2 is 2.12 bits per heavy atom. The van der Waals surface area contributed by atoms with Crippen molar-refractivity contribution in [3.05, 3.63) is 45.5 Å². The van der Waals surface area contributed by atoms with E-state index in [4.69, 9.17) is 9.47 Å². The van der Waals surface area contributed by atoms with Gasteiger partial charge in [-0.25, -0.2) is 18.1 Å². The topological polar surface area (TPSA) is 101 Å². The number of nitrogens with one attached hydrogen (secondary N) is 1. The second-order valence-corrected chi connectivity index (χ2v) is 12.0. The minimum atomic E-state index is -3.39. The number of allylic oxidation sites excluding steroid dienone is 3. The molecular formula is C25H35N3O4S2. The van der Waals surface area contributed by atoms with Gasteiger partial charge in [-0.1, -0.05) is 24.6 Å². The van der Waals surface area contributed by atoms with Crippen LogP contribution in [0.4, 0.5) is 0 Å². The Balaban J connectivity index is 1.72. The van der Waals surface area contributed by atoms with Gasteiger partial charge in [0.05, 0.1) is 36.2 Å². The molecule has 0 bridgehead atoms. The van der Waals surface area contributed by atoms with Crippen LogP contribution in [0.15, 0.2) is 35.6 Å². The van der Waals surface area contributed by atoms with E-state index in [0.29, 0.717) is 12.0 Å². The molecule has 9 heteroatoms. The number of methoxy groups -OCH3 is 1. The number of ether oxygens (including phenoxy) is 2. The summed E-state index contributed by atoms with van der Waals surface area (Å²) in [5.74, 6) is 0.431. The van der Waals surface area contributed by atoms with Gasteiger partial charge in [-0.15, -0.1) is 11.3 Å². The third kappa shape index (κ3) is 6.43. The summed E-state index contributed by atoms with van der Waals surface area (Å²) in [5, 5.41) is 10.5. The van der Waals surface area contributed by atoms with E-state index < -0.39 is 10.0 Å². The lowest BCUT2D eigenvalue weighted by Crippen LogP contribution is -2.37. The van der Waals surface area contributed by atoms with Crippen molar-refractivity contribution in [2.75, 3.05) is 19.5 Å². The zero-order valence-electron chi connectivity index (χ0n) is 20.6. The highest BCUT2D eigenvalue weighted by molar-refractivity contribution is 7.89. The first kappa shape index (κ1) is 26.8. The van der Waals surface area contributed by atoms with Gasteiger partial charge in [-0.05, 0) is 57.9 Å². The van der Waals surface area contributed by atoms with E-state index in [9.17, 15) is 13.7 Å². The van der Waals surface area contributed by atoms with Crippen molar-refractivity contribution in [2.24, 2.45) is 5.92 Å². The first-order valence-corrected chi connectivity index (χ1v) is 14.2. The molecule has 34 heavy (non-hydrogen) atoms. The summed E-state index contributed by atoms with van der Waals surface area (Å²) in [7, 11) is -1.89. The summed E-state index contributed by atoms with van der Waals surface area (Å²) < 4.78 is 38.5. The van der Waals surface area contributed by atoms with Crippen molar-refractivity contribution >= 4 is 26.9 Å². The lowest BCUT2D eigenvalue weighted by Gasteiger charge is -2.22. The van der Waals surface area contributed by atoms with E-state index in [1.54, 1.807) is 11.3 Å². The molecule has 0 amide bonds. The van der Waals surface area contributed by atoms with Gasteiger partial charge in [0, 0.05) is 29.8 Å². The molecule has 1 heterocycles. The fraction of sp³-hybridized carbons (Fsp3) is 0.600. The normalized spacial score (nSPS) is 25.3. The van der Waals surface area contributed by atoms with Crippen LogP contribution < -0.4 is 4.72 Å². The molecule has 0 aliphatic heterocycles. The molecule has 7 nitrogen and oxygen atoms in total. The van der Waals surface area contributed by atoms with Crippen molar-refractivity contribution in [2.45, 2.75) is 71.1 Å². The largest absolute Gasteiger partial charge is 0.384 e. The van der Waals surface area contributed by atoms with Crippen molar-refractivity contribution in [1.29, 1.82) is 5.26 Å². The Morgan fingerprint density at radius 3 is 2.76 bits per heavy atom. The number of hydrogen-bond donors (Lipinski definition) is 1. The smallest absolute Gasteiger partial charge is 0.214 e. The molecule has 1 aromatic rings. The zero-order chi connectivity index (χ0) is 24.9. The van der Waals surface area contributed by atoms with Gasteiger partial charge in [0.1, 0.15) is 5.01 Å². The predicted molar refractivity (Wildman–Crippen MR) is 136 cm³/mol. The van der Waals surface area contributed by atoms with Gasteiger partial charge in [0.15, 0.2) is 0 Å². The summed E-state index contributed by atoms with van der Waals surface area (Å²) in [6.45, 7) is 8.29. The Bertz CT molecular complexity index is 1100. The first-order valence-electron chi connectivity index (χ1n) is 11.8. The summed E-state index contributed by atoms with van der Waals surface area (Å²) in [4.78, 5) is 5.82. The SMILES string of the molecule is C/C=C1\C(C(C)c2cnc(C3=CCC(OC(C)C)C(C#N)=C3)s2)CC[C@@H]1NS(=O)(=O)CCOC. The van der Waals surface area contributed by atoms with E-state index in [2.05, 4.69) is 34.9 Å². The summed E-state index contributed by atoms with van der Waals surface area (Å²) in [6, 6.07) is 2.11. The fourth-order valence-corrected chi connectivity index (χ4v) is 6.94. The van der Waals surface area contributed by atoms with Crippen molar-refractivity contribution in [3.8, 4) is 6.07 Å². The van der Waals surface area contributed by atoms with Crippen LogP contribution in [0.3, 0.4) is 0 Å². The van der Waals surface area contributed by atoms with Crippen molar-refractivity contribution in [3.63, 3.8) is 0 Å². The number of aromatic nitrogens is 1. The molecule has 0 saturated heterocycles. The van der Waals surface area contributed by atoms with E-state index >= 15 is 0 Å². The predicted octanol–water partition coefficient (Wildman–Crippen LogP) is 4.57. The molecule has 186 valence electrons. The van der Waals surface area contributed by atoms with Gasteiger partial charge in [-0.3, -0.25) is 0 Å². The van der Waals surface area contributed by atoms with E-state index in [1.165, 1.54) is 7.11 Å². The monoisotopic (exact) mass is 505 g/mol. The molecule has 2 aliphatic carbocycles. The quantitative estimate of drug-likeness (QED) is 0.468. The highest BCUT2D eigenvalue weighted by atomic mass is 32.2. The Morgan fingerprint density at radius 1 is 1.35 bits per heavy atom. The molecule has 0 radical (unpaired) electrons. The maximum absolute atomic E-state index is 12.4. The minimum absolute atomic E-state index is 0.0359. The van der Waals surface area contributed by atoms with Gasteiger partial charge in [0.25, 0.3) is 0 Å². The van der Waals surface area contributed by atoms with Gasteiger partial charge in [0.2, 0.25) is 10.0 Å². The number of nitriles is 1. The fourth-order valence-electron chi connectivity index (χ4n) is 4.71. The third-order valence-electron chi connectivity index (χ3n) is 6.41. The summed E-state index contributed by atoms with van der Waals surface area (Å²) in [5.41, 5.74) is 2.73. The van der Waals surface area contributed by atoms with Crippen LogP contribution in [0.1, 0.15) is 62.8 Å². The second kappa shape index (κ2) is 11.7. The first-order chi connectivity index (χ1) is 16.2. The van der Waals surface area contributed by atoms with Crippen molar-refractivity contribution in [1.82, 2.24) is 9.71 Å². The Hall–Kier alpha value is -1.83. The van der Waals surface area contributed by atoms with E-state index in [0.717, 1.165) is 33.9 Å². The molecule has 0 spiro atoms. The molecule has 0 aromatic carbocycles. The number of sulfonamides is 1. The van der Waals surface area contributed by atoms with Gasteiger partial charge < -0.3 is 9.47 Å². The Kier molecular flexibility index (Phi) is 9.24. The molecular weight excluding hydrogens is 470 g/mol. The van der Waals surface area contributed by atoms with Crippen LogP contribution in [-0.2, 0) is 19.5 Å². The van der Waals surface area contributed by atoms with Crippen molar-refractivity contribution < 1.29 is 17.9 Å². The second-order valence-electron chi connectivity index (χ2n) is 9.09. The average molecular weight is 506 g/mol. The molecule has 3 rings (SSSR count). The molecule has 2 aliphatic rings. The average Bonchev–Trinajstić information content (AvgIpc) is 3.44. The molecule has 1 aromatic heterocycles. The molecule has 1 N–H and O–H groups in total. The highest BCUT2D eigenvalue weighted by Crippen LogP contribution is 2.43. The molecule has 4 atom stereocenters. The lowest BCUT2D eigenvalue weighted by molar-refractivity contribution is 0.0327. The zero-order valence-corrected chi connectivity index (χ0v) is 22.2. The van der Waals surface area contributed by atoms with Crippen LogP contribution in [0, 0.1) is 17.2 Å². The third-order valence-corrected chi connectivity index (χ3v) is 9.00. The number of nitrogens with zero attached hydrogens (tertiary/aromatic N) is 2. The van der Waals surface area contributed by atoms with Crippen LogP contribution in [0.5, 0.6) is 0 Å². The maximum Gasteiger partial charge on any atom is 0.214 e.